The second-order valence-corrected chi connectivity index (χ2v) is 11.3. The van der Waals surface area contributed by atoms with E-state index >= 15 is 0 Å². The third-order valence-electron chi connectivity index (χ3n) is 3.22. The molecule has 0 saturated carbocycles. The zero-order valence-electron chi connectivity index (χ0n) is 12.3. The quantitative estimate of drug-likeness (QED) is 0.578. The standard InChI is InChI=1S/C16H19ClN2Si/c1-20(2,3)9-6-13-10-14(12-18)15(17)11-16(13)19-7-4-5-8-19/h10-11H,4-5,7-8H2,1-3H3. The van der Waals surface area contributed by atoms with Crippen molar-refractivity contribution in [1.82, 2.24) is 0 Å². The van der Waals surface area contributed by atoms with E-state index in [1.807, 2.05) is 12.1 Å². The molecule has 20 heavy (non-hydrogen) atoms. The Labute approximate surface area is 127 Å². The van der Waals surface area contributed by atoms with Gasteiger partial charge in [-0.05, 0) is 25.0 Å². The molecule has 2 rings (SSSR count). The van der Waals surface area contributed by atoms with Gasteiger partial charge >= 0.3 is 0 Å². The lowest BCUT2D eigenvalue weighted by Crippen LogP contribution is -2.19. The maximum Gasteiger partial charge on any atom is 0.129 e. The number of hydrogen-bond acceptors (Lipinski definition) is 2. The molecule has 0 unspecified atom stereocenters. The SMILES string of the molecule is C[Si](C)(C)C#Cc1cc(C#N)c(Cl)cc1N1CCCC1. The van der Waals surface area contributed by atoms with Gasteiger partial charge in [0.2, 0.25) is 0 Å². The molecule has 1 fully saturated rings. The van der Waals surface area contributed by atoms with Crippen LogP contribution >= 0.6 is 11.6 Å². The smallest absolute Gasteiger partial charge is 0.129 e. The fourth-order valence-electron chi connectivity index (χ4n) is 2.22. The van der Waals surface area contributed by atoms with Gasteiger partial charge < -0.3 is 4.90 Å². The molecule has 1 aromatic carbocycles. The van der Waals surface area contributed by atoms with E-state index in [-0.39, 0.29) is 0 Å². The van der Waals surface area contributed by atoms with Gasteiger partial charge in [-0.2, -0.15) is 5.26 Å². The minimum atomic E-state index is -1.44. The van der Waals surface area contributed by atoms with Crippen LogP contribution in [0.2, 0.25) is 24.7 Å². The minimum Gasteiger partial charge on any atom is -0.370 e. The molecule has 0 aliphatic carbocycles. The van der Waals surface area contributed by atoms with Crippen LogP contribution in [0.4, 0.5) is 5.69 Å². The van der Waals surface area contributed by atoms with E-state index in [1.54, 1.807) is 0 Å². The van der Waals surface area contributed by atoms with Crippen LogP contribution in [-0.2, 0) is 0 Å². The van der Waals surface area contributed by atoms with Crippen molar-refractivity contribution in [2.45, 2.75) is 32.5 Å². The minimum absolute atomic E-state index is 0.509. The first-order valence-corrected chi connectivity index (χ1v) is 10.8. The molecule has 4 heteroatoms. The van der Waals surface area contributed by atoms with Crippen LogP contribution in [0.15, 0.2) is 12.1 Å². The van der Waals surface area contributed by atoms with Crippen molar-refractivity contribution in [2.24, 2.45) is 0 Å². The van der Waals surface area contributed by atoms with Crippen molar-refractivity contribution in [1.29, 1.82) is 5.26 Å². The number of anilines is 1. The lowest BCUT2D eigenvalue weighted by Gasteiger charge is -2.20. The normalized spacial score (nSPS) is 14.7. The Hall–Kier alpha value is -1.42. The Balaban J connectivity index is 2.50. The van der Waals surface area contributed by atoms with Gasteiger partial charge in [-0.1, -0.05) is 37.2 Å². The van der Waals surface area contributed by atoms with Crippen molar-refractivity contribution in [3.63, 3.8) is 0 Å². The summed E-state index contributed by atoms with van der Waals surface area (Å²) in [5.41, 5.74) is 5.91. The van der Waals surface area contributed by atoms with E-state index in [2.05, 4.69) is 42.1 Å². The molecular weight excluding hydrogens is 284 g/mol. The van der Waals surface area contributed by atoms with Crippen LogP contribution in [0.25, 0.3) is 0 Å². The zero-order valence-corrected chi connectivity index (χ0v) is 14.0. The highest BCUT2D eigenvalue weighted by Gasteiger charge is 2.17. The molecule has 0 bridgehead atoms. The molecule has 2 nitrogen and oxygen atoms in total. The molecule has 0 atom stereocenters. The van der Waals surface area contributed by atoms with Gasteiger partial charge in [0.05, 0.1) is 16.3 Å². The molecule has 0 radical (unpaired) electrons. The van der Waals surface area contributed by atoms with Crippen molar-refractivity contribution in [3.8, 4) is 17.5 Å². The fourth-order valence-corrected chi connectivity index (χ4v) is 2.93. The van der Waals surface area contributed by atoms with E-state index in [1.165, 1.54) is 12.8 Å². The van der Waals surface area contributed by atoms with Gasteiger partial charge in [0, 0.05) is 18.7 Å². The second kappa shape index (κ2) is 5.91. The van der Waals surface area contributed by atoms with E-state index < -0.39 is 8.07 Å². The molecule has 104 valence electrons. The van der Waals surface area contributed by atoms with E-state index in [0.717, 1.165) is 24.3 Å². The predicted octanol–water partition coefficient (Wildman–Crippen LogP) is 4.04. The summed E-state index contributed by atoms with van der Waals surface area (Å²) in [6.07, 6.45) is 2.41. The van der Waals surface area contributed by atoms with Gasteiger partial charge in [0.15, 0.2) is 0 Å². The molecule has 1 aliphatic rings. The predicted molar refractivity (Wildman–Crippen MR) is 87.8 cm³/mol. The zero-order chi connectivity index (χ0) is 14.8. The van der Waals surface area contributed by atoms with Crippen molar-refractivity contribution in [2.75, 3.05) is 18.0 Å². The van der Waals surface area contributed by atoms with E-state index in [4.69, 9.17) is 16.9 Å². The van der Waals surface area contributed by atoms with Crippen molar-refractivity contribution in [3.05, 3.63) is 28.3 Å². The van der Waals surface area contributed by atoms with Crippen LogP contribution < -0.4 is 4.90 Å². The molecular formula is C16H19ClN2Si. The number of rotatable bonds is 1. The van der Waals surface area contributed by atoms with Crippen molar-refractivity contribution < 1.29 is 0 Å². The summed E-state index contributed by atoms with van der Waals surface area (Å²) in [5.74, 6) is 3.29. The Morgan fingerprint density at radius 1 is 1.15 bits per heavy atom. The number of nitriles is 1. The molecule has 0 amide bonds. The van der Waals surface area contributed by atoms with Crippen molar-refractivity contribution >= 4 is 25.4 Å². The molecule has 1 saturated heterocycles. The number of halogens is 1. The summed E-state index contributed by atoms with van der Waals surface area (Å²) in [5, 5.41) is 9.66. The Morgan fingerprint density at radius 2 is 1.80 bits per heavy atom. The topological polar surface area (TPSA) is 27.0 Å². The van der Waals surface area contributed by atoms with Crippen LogP contribution in [0, 0.1) is 22.8 Å². The highest BCUT2D eigenvalue weighted by molar-refractivity contribution is 6.83. The van der Waals surface area contributed by atoms with Gasteiger partial charge in [-0.15, -0.1) is 5.54 Å². The summed E-state index contributed by atoms with van der Waals surface area (Å²) in [6.45, 7) is 8.75. The third kappa shape index (κ3) is 3.57. The molecule has 0 N–H and O–H groups in total. The van der Waals surface area contributed by atoms with Gasteiger partial charge in [-0.3, -0.25) is 0 Å². The Bertz CT molecular complexity index is 608. The lowest BCUT2D eigenvalue weighted by atomic mass is 10.1. The average molecular weight is 303 g/mol. The first-order valence-electron chi connectivity index (χ1n) is 6.92. The summed E-state index contributed by atoms with van der Waals surface area (Å²) >= 11 is 6.18. The molecule has 1 heterocycles. The van der Waals surface area contributed by atoms with Crippen LogP contribution in [0.3, 0.4) is 0 Å². The number of hydrogen-bond donors (Lipinski definition) is 0. The summed E-state index contributed by atoms with van der Waals surface area (Å²) in [7, 11) is -1.44. The number of benzene rings is 1. The van der Waals surface area contributed by atoms with Gasteiger partial charge in [0.1, 0.15) is 14.1 Å². The molecule has 1 aromatic rings. The largest absolute Gasteiger partial charge is 0.370 e. The average Bonchev–Trinajstić information content (AvgIpc) is 2.89. The molecule has 0 aromatic heterocycles. The van der Waals surface area contributed by atoms with E-state index in [9.17, 15) is 0 Å². The second-order valence-electron chi connectivity index (χ2n) is 6.16. The van der Waals surface area contributed by atoms with E-state index in [0.29, 0.717) is 10.6 Å². The maximum absolute atomic E-state index is 9.14. The monoisotopic (exact) mass is 302 g/mol. The summed E-state index contributed by atoms with van der Waals surface area (Å²) in [4.78, 5) is 2.32. The van der Waals surface area contributed by atoms with Crippen LogP contribution in [0.5, 0.6) is 0 Å². The maximum atomic E-state index is 9.14. The first kappa shape index (κ1) is 15.0. The van der Waals surface area contributed by atoms with Gasteiger partial charge in [0.25, 0.3) is 0 Å². The summed E-state index contributed by atoms with van der Waals surface area (Å²) in [6, 6.07) is 5.88. The molecule has 0 spiro atoms. The molecule has 1 aliphatic heterocycles. The first-order chi connectivity index (χ1) is 9.40. The van der Waals surface area contributed by atoms with Gasteiger partial charge in [-0.25, -0.2) is 0 Å². The summed E-state index contributed by atoms with van der Waals surface area (Å²) < 4.78 is 0. The van der Waals surface area contributed by atoms with Crippen LogP contribution in [-0.4, -0.2) is 21.2 Å². The number of nitrogens with zero attached hydrogens (tertiary/aromatic N) is 2. The lowest BCUT2D eigenvalue weighted by molar-refractivity contribution is 0.949. The highest BCUT2D eigenvalue weighted by Crippen LogP contribution is 2.30. The third-order valence-corrected chi connectivity index (χ3v) is 4.41. The Morgan fingerprint density at radius 3 is 2.35 bits per heavy atom. The fraction of sp³-hybridized carbons (Fsp3) is 0.438. The highest BCUT2D eigenvalue weighted by atomic mass is 35.5. The van der Waals surface area contributed by atoms with Crippen LogP contribution in [0.1, 0.15) is 24.0 Å². The Kier molecular flexibility index (Phi) is 4.43.